The predicted molar refractivity (Wildman–Crippen MR) is 120 cm³/mol. The van der Waals surface area contributed by atoms with Crippen molar-refractivity contribution >= 4 is 16.7 Å². The molecule has 2 aliphatic rings. The fraction of sp³-hybridized carbons (Fsp3) is 0.346. The van der Waals surface area contributed by atoms with E-state index in [1.165, 1.54) is 16.3 Å². The summed E-state index contributed by atoms with van der Waals surface area (Å²) in [5.74, 6) is 0.547. The number of fused-ring (bicyclic) bond motifs is 1. The molecule has 1 aliphatic carbocycles. The Morgan fingerprint density at radius 1 is 1.16 bits per heavy atom. The average Bonchev–Trinajstić information content (AvgIpc) is 3.44. The molecule has 160 valence electrons. The third-order valence-electron chi connectivity index (χ3n) is 6.48. The second kappa shape index (κ2) is 7.97. The molecule has 0 bridgehead atoms. The normalized spacial score (nSPS) is 21.7. The van der Waals surface area contributed by atoms with Gasteiger partial charge in [0.25, 0.3) is 5.91 Å². The van der Waals surface area contributed by atoms with Crippen LogP contribution in [-0.2, 0) is 5.54 Å². The molecule has 31 heavy (non-hydrogen) atoms. The molecule has 1 amide bonds. The van der Waals surface area contributed by atoms with Crippen molar-refractivity contribution in [3.8, 4) is 5.75 Å². The number of alkyl halides is 1. The zero-order chi connectivity index (χ0) is 21.4. The van der Waals surface area contributed by atoms with Crippen molar-refractivity contribution in [2.75, 3.05) is 13.2 Å². The number of hydrogen-bond acceptors (Lipinski definition) is 3. The summed E-state index contributed by atoms with van der Waals surface area (Å²) in [6, 6.07) is 20.2. The molecule has 2 N–H and O–H groups in total. The van der Waals surface area contributed by atoms with Crippen molar-refractivity contribution in [3.05, 3.63) is 77.4 Å². The molecule has 4 nitrogen and oxygen atoms in total. The van der Waals surface area contributed by atoms with Gasteiger partial charge in [0.1, 0.15) is 18.5 Å². The van der Waals surface area contributed by atoms with E-state index in [9.17, 15) is 9.18 Å². The highest BCUT2D eigenvalue weighted by Gasteiger charge is 2.46. The molecule has 3 aromatic rings. The number of halogens is 1. The zero-order valence-corrected chi connectivity index (χ0v) is 17.7. The van der Waals surface area contributed by atoms with Crippen LogP contribution >= 0.6 is 0 Å². The lowest BCUT2D eigenvalue weighted by molar-refractivity contribution is 0.0930. The molecule has 1 aliphatic heterocycles. The maximum atomic E-state index is 13.4. The fourth-order valence-electron chi connectivity index (χ4n) is 4.54. The van der Waals surface area contributed by atoms with Gasteiger partial charge in [0.15, 0.2) is 0 Å². The van der Waals surface area contributed by atoms with Gasteiger partial charge < -0.3 is 15.4 Å². The topological polar surface area (TPSA) is 50.4 Å². The van der Waals surface area contributed by atoms with Crippen LogP contribution in [-0.4, -0.2) is 31.3 Å². The van der Waals surface area contributed by atoms with Gasteiger partial charge in [0.05, 0.1) is 5.54 Å². The van der Waals surface area contributed by atoms with Crippen LogP contribution in [0, 0.1) is 6.92 Å². The van der Waals surface area contributed by atoms with Gasteiger partial charge in [-0.05, 0) is 60.2 Å². The van der Waals surface area contributed by atoms with E-state index in [0.29, 0.717) is 30.9 Å². The SMILES string of the molecule is Cc1ccc(OC[C@H]2C[C@H](F)CN2)cc1C(=O)NC1(c2cccc3ccccc23)CC1. The third kappa shape index (κ3) is 4.02. The Morgan fingerprint density at radius 3 is 2.74 bits per heavy atom. The Kier molecular flexibility index (Phi) is 5.14. The van der Waals surface area contributed by atoms with Crippen LogP contribution in [0.2, 0.25) is 0 Å². The van der Waals surface area contributed by atoms with Gasteiger partial charge in [-0.2, -0.15) is 0 Å². The van der Waals surface area contributed by atoms with Crippen LogP contribution in [0.25, 0.3) is 10.8 Å². The monoisotopic (exact) mass is 418 g/mol. The van der Waals surface area contributed by atoms with Gasteiger partial charge in [-0.1, -0.05) is 48.5 Å². The van der Waals surface area contributed by atoms with Crippen LogP contribution < -0.4 is 15.4 Å². The number of rotatable bonds is 6. The number of ether oxygens (including phenoxy) is 1. The van der Waals surface area contributed by atoms with Crippen molar-refractivity contribution in [1.82, 2.24) is 10.6 Å². The Bertz CT molecular complexity index is 1120. The van der Waals surface area contributed by atoms with Gasteiger partial charge in [0, 0.05) is 18.2 Å². The molecule has 0 unspecified atom stereocenters. The highest BCUT2D eigenvalue weighted by atomic mass is 19.1. The maximum Gasteiger partial charge on any atom is 0.252 e. The van der Waals surface area contributed by atoms with E-state index in [1.807, 2.05) is 31.2 Å². The first-order valence-corrected chi connectivity index (χ1v) is 11.0. The Morgan fingerprint density at radius 2 is 1.97 bits per heavy atom. The fourth-order valence-corrected chi connectivity index (χ4v) is 4.54. The summed E-state index contributed by atoms with van der Waals surface area (Å²) in [5.41, 5.74) is 2.38. The Hall–Kier alpha value is -2.92. The summed E-state index contributed by atoms with van der Waals surface area (Å²) in [6.45, 7) is 2.71. The molecule has 1 saturated heterocycles. The molecular weight excluding hydrogens is 391 g/mol. The van der Waals surface area contributed by atoms with E-state index in [4.69, 9.17) is 4.74 Å². The predicted octanol–water partition coefficient (Wildman–Crippen LogP) is 4.65. The largest absolute Gasteiger partial charge is 0.492 e. The number of carbonyl (C=O) groups excluding carboxylic acids is 1. The lowest BCUT2D eigenvalue weighted by Crippen LogP contribution is -2.35. The molecule has 1 heterocycles. The summed E-state index contributed by atoms with van der Waals surface area (Å²) >= 11 is 0. The van der Waals surface area contributed by atoms with Gasteiger partial charge in [-0.3, -0.25) is 4.79 Å². The standard InChI is InChI=1S/C26H27FN2O2/c1-17-9-10-21(31-16-20-13-19(27)15-28-20)14-23(17)25(30)29-26(11-12-26)24-8-4-6-18-5-2-3-7-22(18)24/h2-10,14,19-20,28H,11-13,15-16H2,1H3,(H,29,30)/t19-,20+/m0/s1. The quantitative estimate of drug-likeness (QED) is 0.613. The highest BCUT2D eigenvalue weighted by Crippen LogP contribution is 2.48. The molecule has 0 spiro atoms. The van der Waals surface area contributed by atoms with Crippen molar-refractivity contribution < 1.29 is 13.9 Å². The molecular formula is C26H27FN2O2. The summed E-state index contributed by atoms with van der Waals surface area (Å²) in [5, 5.41) is 8.80. The maximum absolute atomic E-state index is 13.4. The lowest BCUT2D eigenvalue weighted by Gasteiger charge is -2.21. The number of carbonyl (C=O) groups is 1. The zero-order valence-electron chi connectivity index (χ0n) is 17.7. The van der Waals surface area contributed by atoms with Gasteiger partial charge in [-0.25, -0.2) is 4.39 Å². The summed E-state index contributed by atoms with van der Waals surface area (Å²) < 4.78 is 19.2. The number of hydrogen-bond donors (Lipinski definition) is 2. The van der Waals surface area contributed by atoms with E-state index in [0.717, 1.165) is 18.4 Å². The van der Waals surface area contributed by atoms with E-state index in [-0.39, 0.29) is 17.5 Å². The second-order valence-corrected chi connectivity index (χ2v) is 8.79. The van der Waals surface area contributed by atoms with Crippen molar-refractivity contribution in [2.45, 2.75) is 43.9 Å². The molecule has 0 aromatic heterocycles. The minimum absolute atomic E-state index is 0.00896. The molecule has 5 heteroatoms. The first-order chi connectivity index (χ1) is 15.0. The molecule has 2 atom stereocenters. The third-order valence-corrected chi connectivity index (χ3v) is 6.48. The summed E-state index contributed by atoms with van der Waals surface area (Å²) in [7, 11) is 0. The van der Waals surface area contributed by atoms with E-state index < -0.39 is 6.17 Å². The minimum atomic E-state index is -0.809. The van der Waals surface area contributed by atoms with Gasteiger partial charge in [-0.15, -0.1) is 0 Å². The first-order valence-electron chi connectivity index (χ1n) is 11.0. The summed E-state index contributed by atoms with van der Waals surface area (Å²) in [4.78, 5) is 13.3. The van der Waals surface area contributed by atoms with E-state index in [2.05, 4.69) is 41.0 Å². The number of aryl methyl sites for hydroxylation is 1. The molecule has 5 rings (SSSR count). The van der Waals surface area contributed by atoms with Gasteiger partial charge in [0.2, 0.25) is 0 Å². The van der Waals surface area contributed by atoms with Crippen molar-refractivity contribution in [2.24, 2.45) is 0 Å². The smallest absolute Gasteiger partial charge is 0.252 e. The minimum Gasteiger partial charge on any atom is -0.492 e. The number of amides is 1. The summed E-state index contributed by atoms with van der Waals surface area (Å²) in [6.07, 6.45) is 1.52. The Balaban J connectivity index is 1.34. The van der Waals surface area contributed by atoms with Crippen LogP contribution in [0.1, 0.15) is 40.7 Å². The molecule has 3 aromatic carbocycles. The average molecular weight is 419 g/mol. The number of benzene rings is 3. The van der Waals surface area contributed by atoms with Crippen LogP contribution in [0.5, 0.6) is 5.75 Å². The van der Waals surface area contributed by atoms with Crippen molar-refractivity contribution in [3.63, 3.8) is 0 Å². The van der Waals surface area contributed by atoms with Crippen LogP contribution in [0.4, 0.5) is 4.39 Å². The van der Waals surface area contributed by atoms with E-state index in [1.54, 1.807) is 6.07 Å². The van der Waals surface area contributed by atoms with Crippen molar-refractivity contribution in [1.29, 1.82) is 0 Å². The van der Waals surface area contributed by atoms with Crippen LogP contribution in [0.15, 0.2) is 60.7 Å². The van der Waals surface area contributed by atoms with Crippen LogP contribution in [0.3, 0.4) is 0 Å². The lowest BCUT2D eigenvalue weighted by atomic mass is 9.96. The van der Waals surface area contributed by atoms with E-state index >= 15 is 0 Å². The molecule has 0 radical (unpaired) electrons. The number of nitrogens with one attached hydrogen (secondary N) is 2. The first kappa shape index (κ1) is 20.0. The Labute approximate surface area is 181 Å². The second-order valence-electron chi connectivity index (χ2n) is 8.79. The molecule has 1 saturated carbocycles. The van der Waals surface area contributed by atoms with Gasteiger partial charge >= 0.3 is 0 Å². The molecule has 2 fully saturated rings. The highest BCUT2D eigenvalue weighted by molar-refractivity contribution is 5.97.